The van der Waals surface area contributed by atoms with Crippen molar-refractivity contribution in [2.24, 2.45) is 7.05 Å². The van der Waals surface area contributed by atoms with Crippen molar-refractivity contribution in [2.75, 3.05) is 19.6 Å². The third-order valence-electron chi connectivity index (χ3n) is 3.45. The lowest BCUT2D eigenvalue weighted by atomic mass is 10.1. The number of nitrogens with zero attached hydrogens (tertiary/aromatic N) is 5. The maximum atomic E-state index is 12.7. The van der Waals surface area contributed by atoms with E-state index in [-0.39, 0.29) is 12.6 Å². The van der Waals surface area contributed by atoms with Gasteiger partial charge in [-0.05, 0) is 12.8 Å². The molecule has 1 aliphatic heterocycles. The quantitative estimate of drug-likeness (QED) is 0.754. The summed E-state index contributed by atoms with van der Waals surface area (Å²) >= 11 is 0. The summed E-state index contributed by atoms with van der Waals surface area (Å²) in [6.07, 6.45) is -3.62. The number of nitriles is 1. The van der Waals surface area contributed by atoms with Gasteiger partial charge in [-0.15, -0.1) is 5.10 Å². The Morgan fingerprint density at radius 1 is 1.40 bits per heavy atom. The van der Waals surface area contributed by atoms with Gasteiger partial charge in [0.25, 0.3) is 0 Å². The van der Waals surface area contributed by atoms with Gasteiger partial charge in [-0.3, -0.25) is 9.47 Å². The second-order valence-electron chi connectivity index (χ2n) is 4.77. The summed E-state index contributed by atoms with van der Waals surface area (Å²) in [5, 5.41) is 12.0. The lowest BCUT2D eigenvalue weighted by molar-refractivity contribution is -0.147. The minimum atomic E-state index is -4.64. The fraction of sp³-hybridized carbons (Fsp3) is 0.727. The Balaban J connectivity index is 2.20. The van der Waals surface area contributed by atoms with Crippen LogP contribution in [0.1, 0.15) is 24.7 Å². The molecule has 0 bridgehead atoms. The van der Waals surface area contributed by atoms with Gasteiger partial charge < -0.3 is 0 Å². The van der Waals surface area contributed by atoms with Gasteiger partial charge in [0, 0.05) is 20.1 Å². The molecule has 1 aromatic rings. The van der Waals surface area contributed by atoms with Crippen molar-refractivity contribution in [3.8, 4) is 6.07 Å². The maximum Gasteiger partial charge on any atom is 0.451 e. The lowest BCUT2D eigenvalue weighted by Gasteiger charge is -2.29. The highest BCUT2D eigenvalue weighted by atomic mass is 19.4. The van der Waals surface area contributed by atoms with Gasteiger partial charge in [0.1, 0.15) is 0 Å². The molecule has 0 N–H and O–H groups in total. The molecule has 0 saturated carbocycles. The first-order valence-electron chi connectivity index (χ1n) is 6.16. The van der Waals surface area contributed by atoms with Gasteiger partial charge in [0.15, 0.2) is 0 Å². The standard InChI is InChI=1S/C11H14F3N5O/c1-17-9(11(12,13)14)16-19(10(17)20)8-2-5-18(6-3-8)7-4-15/h8H,2-3,5-7H2,1H3. The molecular weight excluding hydrogens is 275 g/mol. The molecule has 1 saturated heterocycles. The highest BCUT2D eigenvalue weighted by molar-refractivity contribution is 4.94. The summed E-state index contributed by atoms with van der Waals surface area (Å²) in [5.74, 6) is -1.18. The number of halogens is 3. The Kier molecular flexibility index (Phi) is 3.85. The molecule has 0 radical (unpaired) electrons. The number of aromatic nitrogens is 3. The van der Waals surface area contributed by atoms with E-state index in [1.807, 2.05) is 11.0 Å². The van der Waals surface area contributed by atoms with E-state index in [0.29, 0.717) is 30.5 Å². The smallest absolute Gasteiger partial charge is 0.290 e. The van der Waals surface area contributed by atoms with Crippen LogP contribution in [0.15, 0.2) is 4.79 Å². The first-order valence-corrected chi connectivity index (χ1v) is 6.16. The van der Waals surface area contributed by atoms with E-state index in [9.17, 15) is 18.0 Å². The number of piperidine rings is 1. The number of alkyl halides is 3. The molecule has 2 heterocycles. The zero-order valence-electron chi connectivity index (χ0n) is 10.9. The minimum Gasteiger partial charge on any atom is -0.290 e. The second-order valence-corrected chi connectivity index (χ2v) is 4.77. The van der Waals surface area contributed by atoms with E-state index in [1.165, 1.54) is 0 Å². The van der Waals surface area contributed by atoms with Crippen LogP contribution in [0.3, 0.4) is 0 Å². The van der Waals surface area contributed by atoms with Crippen LogP contribution in [0.25, 0.3) is 0 Å². The molecule has 0 unspecified atom stereocenters. The summed E-state index contributed by atoms with van der Waals surface area (Å²) < 4.78 is 39.5. The van der Waals surface area contributed by atoms with E-state index in [0.717, 1.165) is 11.7 Å². The van der Waals surface area contributed by atoms with Crippen LogP contribution in [0.5, 0.6) is 0 Å². The largest absolute Gasteiger partial charge is 0.451 e. The molecule has 0 aromatic carbocycles. The second kappa shape index (κ2) is 5.28. The predicted molar refractivity (Wildman–Crippen MR) is 62.8 cm³/mol. The molecule has 9 heteroatoms. The minimum absolute atomic E-state index is 0.289. The molecule has 1 fully saturated rings. The Bertz CT molecular complexity index is 574. The van der Waals surface area contributed by atoms with Crippen LogP contribution in [0.2, 0.25) is 0 Å². The molecule has 110 valence electrons. The Morgan fingerprint density at radius 2 is 2.00 bits per heavy atom. The molecular formula is C11H14F3N5O. The molecule has 0 aliphatic carbocycles. The summed E-state index contributed by atoms with van der Waals surface area (Å²) in [7, 11) is 1.07. The fourth-order valence-corrected chi connectivity index (χ4v) is 2.36. The first-order chi connectivity index (χ1) is 9.34. The van der Waals surface area contributed by atoms with Gasteiger partial charge in [-0.25, -0.2) is 9.48 Å². The van der Waals surface area contributed by atoms with Crippen molar-refractivity contribution in [1.29, 1.82) is 5.26 Å². The predicted octanol–water partition coefficient (Wildman–Crippen LogP) is 0.761. The molecule has 0 atom stereocenters. The molecule has 6 nitrogen and oxygen atoms in total. The SMILES string of the molecule is Cn1c(C(F)(F)F)nn(C2CCN(CC#N)CC2)c1=O. The van der Waals surface area contributed by atoms with Crippen LogP contribution >= 0.6 is 0 Å². The zero-order chi connectivity index (χ0) is 14.9. The molecule has 0 spiro atoms. The highest BCUT2D eigenvalue weighted by Gasteiger charge is 2.39. The van der Waals surface area contributed by atoms with Crippen LogP contribution in [-0.4, -0.2) is 38.9 Å². The van der Waals surface area contributed by atoms with Gasteiger partial charge in [-0.1, -0.05) is 0 Å². The molecule has 2 rings (SSSR count). The zero-order valence-corrected chi connectivity index (χ0v) is 10.9. The van der Waals surface area contributed by atoms with Gasteiger partial charge in [0.05, 0.1) is 18.7 Å². The maximum absolute atomic E-state index is 12.7. The number of rotatable bonds is 2. The number of likely N-dealkylation sites (tertiary alicyclic amines) is 1. The fourth-order valence-electron chi connectivity index (χ4n) is 2.36. The summed E-state index contributed by atoms with van der Waals surface area (Å²) in [6, 6.07) is 1.68. The van der Waals surface area contributed by atoms with E-state index in [2.05, 4.69) is 5.10 Å². The lowest BCUT2D eigenvalue weighted by Crippen LogP contribution is -2.38. The summed E-state index contributed by atoms with van der Waals surface area (Å²) in [6.45, 7) is 1.43. The monoisotopic (exact) mass is 289 g/mol. The van der Waals surface area contributed by atoms with E-state index in [1.54, 1.807) is 0 Å². The molecule has 1 aliphatic rings. The molecule has 1 aromatic heterocycles. The number of hydrogen-bond acceptors (Lipinski definition) is 4. The Hall–Kier alpha value is -1.82. The Morgan fingerprint density at radius 3 is 2.45 bits per heavy atom. The van der Waals surface area contributed by atoms with Crippen molar-refractivity contribution in [1.82, 2.24) is 19.2 Å². The average molecular weight is 289 g/mol. The van der Waals surface area contributed by atoms with E-state index < -0.39 is 17.7 Å². The molecule has 0 amide bonds. The van der Waals surface area contributed by atoms with Crippen LogP contribution in [0, 0.1) is 11.3 Å². The number of hydrogen-bond donors (Lipinski definition) is 0. The van der Waals surface area contributed by atoms with E-state index in [4.69, 9.17) is 5.26 Å². The highest BCUT2D eigenvalue weighted by Crippen LogP contribution is 2.27. The van der Waals surface area contributed by atoms with Crippen LogP contribution < -0.4 is 5.69 Å². The average Bonchev–Trinajstić information content (AvgIpc) is 2.68. The molecule has 20 heavy (non-hydrogen) atoms. The first kappa shape index (κ1) is 14.6. The van der Waals surface area contributed by atoms with Crippen LogP contribution in [0.4, 0.5) is 13.2 Å². The van der Waals surface area contributed by atoms with Gasteiger partial charge in [0.2, 0.25) is 5.82 Å². The van der Waals surface area contributed by atoms with Crippen molar-refractivity contribution in [2.45, 2.75) is 25.1 Å². The Labute approximate surface area is 113 Å². The topological polar surface area (TPSA) is 66.8 Å². The summed E-state index contributed by atoms with van der Waals surface area (Å²) in [4.78, 5) is 13.7. The van der Waals surface area contributed by atoms with Crippen molar-refractivity contribution >= 4 is 0 Å². The van der Waals surface area contributed by atoms with Crippen molar-refractivity contribution in [3.63, 3.8) is 0 Å². The van der Waals surface area contributed by atoms with E-state index >= 15 is 0 Å². The van der Waals surface area contributed by atoms with Gasteiger partial charge in [-0.2, -0.15) is 18.4 Å². The summed E-state index contributed by atoms with van der Waals surface area (Å²) in [5.41, 5.74) is -0.754. The normalized spacial score (nSPS) is 18.1. The van der Waals surface area contributed by atoms with Gasteiger partial charge >= 0.3 is 11.9 Å². The van der Waals surface area contributed by atoms with Crippen LogP contribution in [-0.2, 0) is 13.2 Å². The van der Waals surface area contributed by atoms with Crippen molar-refractivity contribution in [3.05, 3.63) is 16.3 Å². The van der Waals surface area contributed by atoms with Crippen molar-refractivity contribution < 1.29 is 13.2 Å². The third-order valence-corrected chi connectivity index (χ3v) is 3.45. The third kappa shape index (κ3) is 2.70.